The summed E-state index contributed by atoms with van der Waals surface area (Å²) in [4.78, 5) is 30.0. The van der Waals surface area contributed by atoms with Gasteiger partial charge in [0.1, 0.15) is 0 Å². The average Bonchev–Trinajstić information content (AvgIpc) is 3.69. The number of Topliss-reactive ketones (excluding diaryl/α,β-unsaturated/α-hetero) is 1. The van der Waals surface area contributed by atoms with Crippen LogP contribution in [0.3, 0.4) is 0 Å². The number of hydrogen-bond donors (Lipinski definition) is 3. The lowest BCUT2D eigenvalue weighted by atomic mass is 9.92. The highest BCUT2D eigenvalue weighted by Crippen LogP contribution is 2.34. The maximum atomic E-state index is 13.0. The molecule has 2 aliphatic carbocycles. The normalized spacial score (nSPS) is 22.4. The highest BCUT2D eigenvalue weighted by molar-refractivity contribution is 5.98. The molecule has 3 fully saturated rings. The molecule has 4 N–H and O–H groups in total. The number of piperidine rings is 1. The van der Waals surface area contributed by atoms with Gasteiger partial charge < -0.3 is 30.4 Å². The van der Waals surface area contributed by atoms with Crippen LogP contribution >= 0.6 is 0 Å². The van der Waals surface area contributed by atoms with Crippen molar-refractivity contribution in [2.45, 2.75) is 88.4 Å². The Labute approximate surface area is 247 Å². The summed E-state index contributed by atoms with van der Waals surface area (Å²) in [5.41, 5.74) is 8.52. The van der Waals surface area contributed by atoms with Crippen molar-refractivity contribution in [3.8, 4) is 11.5 Å². The van der Waals surface area contributed by atoms with Crippen molar-refractivity contribution in [1.29, 1.82) is 0 Å². The Morgan fingerprint density at radius 1 is 0.929 bits per heavy atom. The SMILES string of the molecule is COc1ccc(C(=O)CN2CCC(Nc3nc(NC4CCC(N)CC4)nc4c3ncn4C3CCCC3)CC2)cc1OC. The molecular formula is C31H44N8O3. The quantitative estimate of drug-likeness (QED) is 0.298. The number of ketones is 1. The summed E-state index contributed by atoms with van der Waals surface area (Å²) in [6, 6.07) is 6.67. The number of carbonyl (C=O) groups excluding carboxylic acids is 1. The van der Waals surface area contributed by atoms with Gasteiger partial charge in [0.15, 0.2) is 34.3 Å². The van der Waals surface area contributed by atoms with E-state index in [1.807, 2.05) is 6.33 Å². The zero-order chi connectivity index (χ0) is 29.1. The van der Waals surface area contributed by atoms with E-state index in [0.29, 0.717) is 47.7 Å². The summed E-state index contributed by atoms with van der Waals surface area (Å²) in [6.45, 7) is 2.04. The molecule has 2 saturated carbocycles. The predicted octanol–water partition coefficient (Wildman–Crippen LogP) is 4.40. The molecule has 3 heterocycles. The predicted molar refractivity (Wildman–Crippen MR) is 164 cm³/mol. The summed E-state index contributed by atoms with van der Waals surface area (Å²) < 4.78 is 12.9. The smallest absolute Gasteiger partial charge is 0.227 e. The van der Waals surface area contributed by atoms with Crippen LogP contribution in [0.2, 0.25) is 0 Å². The summed E-state index contributed by atoms with van der Waals surface area (Å²) in [7, 11) is 3.18. The number of nitrogens with one attached hydrogen (secondary N) is 2. The van der Waals surface area contributed by atoms with Crippen LogP contribution in [0.4, 0.5) is 11.8 Å². The molecule has 0 amide bonds. The number of fused-ring (bicyclic) bond motifs is 1. The molecule has 3 aliphatic rings. The average molecular weight is 577 g/mol. The number of likely N-dealkylation sites (tertiary alicyclic amines) is 1. The molecular weight excluding hydrogens is 532 g/mol. The number of imidazole rings is 1. The standard InChI is InChI=1S/C31H44N8O3/c1-41-26-12-7-20(17-27(26)42-2)25(40)18-38-15-13-23(14-16-38)34-29-28-30(39(19-33-28)24-5-3-4-6-24)37-31(36-29)35-22-10-8-21(32)9-11-22/h7,12,17,19,21-24H,3-6,8-11,13-16,18,32H2,1-2H3,(H2,34,35,36,37). The zero-order valence-electron chi connectivity index (χ0n) is 24.8. The van der Waals surface area contributed by atoms with Gasteiger partial charge in [-0.25, -0.2) is 4.98 Å². The molecule has 1 aliphatic heterocycles. The van der Waals surface area contributed by atoms with Crippen LogP contribution in [0.15, 0.2) is 24.5 Å². The first-order chi connectivity index (χ1) is 20.5. The zero-order valence-corrected chi connectivity index (χ0v) is 24.8. The van der Waals surface area contributed by atoms with Crippen molar-refractivity contribution >= 4 is 28.7 Å². The van der Waals surface area contributed by atoms with Crippen molar-refractivity contribution in [3.05, 3.63) is 30.1 Å². The number of carbonyl (C=O) groups is 1. The summed E-state index contributed by atoms with van der Waals surface area (Å²) in [5, 5.41) is 7.33. The lowest BCUT2D eigenvalue weighted by molar-refractivity contribution is 0.0911. The van der Waals surface area contributed by atoms with E-state index in [4.69, 9.17) is 30.2 Å². The fourth-order valence-corrected chi connectivity index (χ4v) is 6.71. The maximum absolute atomic E-state index is 13.0. The Bertz CT molecular complexity index is 1370. The first-order valence-electron chi connectivity index (χ1n) is 15.5. The van der Waals surface area contributed by atoms with E-state index >= 15 is 0 Å². The van der Waals surface area contributed by atoms with Crippen molar-refractivity contribution in [3.63, 3.8) is 0 Å². The van der Waals surface area contributed by atoms with Gasteiger partial charge >= 0.3 is 0 Å². The number of hydrogen-bond acceptors (Lipinski definition) is 10. The van der Waals surface area contributed by atoms with Gasteiger partial charge in [0.05, 0.1) is 27.1 Å². The molecule has 3 aromatic rings. The molecule has 1 saturated heterocycles. The first kappa shape index (κ1) is 28.7. The van der Waals surface area contributed by atoms with E-state index in [1.54, 1.807) is 32.4 Å². The van der Waals surface area contributed by atoms with Crippen LogP contribution in [0.5, 0.6) is 11.5 Å². The molecule has 2 aromatic heterocycles. The highest BCUT2D eigenvalue weighted by Gasteiger charge is 2.27. The number of rotatable bonds is 10. The fourth-order valence-electron chi connectivity index (χ4n) is 6.71. The van der Waals surface area contributed by atoms with Gasteiger partial charge in [-0.05, 0) is 69.6 Å². The summed E-state index contributed by atoms with van der Waals surface area (Å²) in [6.07, 6.45) is 12.7. The number of nitrogens with zero attached hydrogens (tertiary/aromatic N) is 5. The van der Waals surface area contributed by atoms with Crippen LogP contribution in [0, 0.1) is 0 Å². The summed E-state index contributed by atoms with van der Waals surface area (Å²) >= 11 is 0. The number of benzene rings is 1. The second kappa shape index (κ2) is 12.8. The van der Waals surface area contributed by atoms with Crippen LogP contribution in [-0.4, -0.2) is 82.2 Å². The molecule has 0 bridgehead atoms. The minimum atomic E-state index is 0.0803. The lowest BCUT2D eigenvalue weighted by Crippen LogP contribution is -2.41. The topological polar surface area (TPSA) is 132 Å². The van der Waals surface area contributed by atoms with E-state index in [0.717, 1.165) is 68.6 Å². The number of ether oxygens (including phenoxy) is 2. The summed E-state index contributed by atoms with van der Waals surface area (Å²) in [5.74, 6) is 2.74. The molecule has 11 nitrogen and oxygen atoms in total. The highest BCUT2D eigenvalue weighted by atomic mass is 16.5. The monoisotopic (exact) mass is 576 g/mol. The molecule has 0 spiro atoms. The van der Waals surface area contributed by atoms with Crippen LogP contribution in [0.1, 0.15) is 80.6 Å². The van der Waals surface area contributed by atoms with Crippen molar-refractivity contribution in [2.75, 3.05) is 44.5 Å². The van der Waals surface area contributed by atoms with E-state index in [1.165, 1.54) is 25.7 Å². The molecule has 1 aromatic carbocycles. The van der Waals surface area contributed by atoms with Crippen LogP contribution in [-0.2, 0) is 0 Å². The minimum Gasteiger partial charge on any atom is -0.493 e. The van der Waals surface area contributed by atoms with Gasteiger partial charge in [-0.15, -0.1) is 0 Å². The van der Waals surface area contributed by atoms with Crippen molar-refractivity contribution < 1.29 is 14.3 Å². The Morgan fingerprint density at radius 2 is 1.64 bits per heavy atom. The number of methoxy groups -OCH3 is 2. The third-order valence-corrected chi connectivity index (χ3v) is 9.25. The number of nitrogens with two attached hydrogens (primary N) is 1. The maximum Gasteiger partial charge on any atom is 0.227 e. The van der Waals surface area contributed by atoms with E-state index in [9.17, 15) is 4.79 Å². The fraction of sp³-hybridized carbons (Fsp3) is 0.613. The van der Waals surface area contributed by atoms with Gasteiger partial charge in [0.2, 0.25) is 5.95 Å². The van der Waals surface area contributed by atoms with E-state index in [-0.39, 0.29) is 11.8 Å². The second-order valence-corrected chi connectivity index (χ2v) is 12.1. The number of anilines is 2. The third-order valence-electron chi connectivity index (χ3n) is 9.25. The number of aromatic nitrogens is 4. The Kier molecular flexibility index (Phi) is 8.76. The molecule has 0 radical (unpaired) electrons. The molecule has 6 rings (SSSR count). The van der Waals surface area contributed by atoms with Gasteiger partial charge in [0.25, 0.3) is 0 Å². The van der Waals surface area contributed by atoms with Gasteiger partial charge in [0, 0.05) is 42.8 Å². The van der Waals surface area contributed by atoms with Crippen molar-refractivity contribution in [1.82, 2.24) is 24.4 Å². The van der Waals surface area contributed by atoms with Crippen molar-refractivity contribution in [2.24, 2.45) is 5.73 Å². The van der Waals surface area contributed by atoms with Crippen LogP contribution in [0.25, 0.3) is 11.2 Å². The minimum absolute atomic E-state index is 0.0803. The first-order valence-corrected chi connectivity index (χ1v) is 15.5. The second-order valence-electron chi connectivity index (χ2n) is 12.1. The van der Waals surface area contributed by atoms with Gasteiger partial charge in [-0.3, -0.25) is 9.69 Å². The molecule has 226 valence electrons. The van der Waals surface area contributed by atoms with Gasteiger partial charge in [-0.1, -0.05) is 12.8 Å². The Morgan fingerprint density at radius 3 is 2.36 bits per heavy atom. The third kappa shape index (κ3) is 6.32. The molecule has 11 heteroatoms. The Hall–Kier alpha value is -3.44. The van der Waals surface area contributed by atoms with Gasteiger partial charge in [-0.2, -0.15) is 9.97 Å². The molecule has 0 unspecified atom stereocenters. The largest absolute Gasteiger partial charge is 0.493 e. The van der Waals surface area contributed by atoms with E-state index < -0.39 is 0 Å². The van der Waals surface area contributed by atoms with Crippen LogP contribution < -0.4 is 25.8 Å². The Balaban J connectivity index is 1.13. The molecule has 0 atom stereocenters. The molecule has 42 heavy (non-hydrogen) atoms. The lowest BCUT2D eigenvalue weighted by Gasteiger charge is -2.32. The van der Waals surface area contributed by atoms with E-state index in [2.05, 4.69) is 20.1 Å².